The monoisotopic (exact) mass is 336 g/mol. The van der Waals surface area contributed by atoms with Gasteiger partial charge in [0.05, 0.1) is 11.4 Å². The molecule has 0 saturated carbocycles. The maximum atomic E-state index is 4.15. The maximum absolute atomic E-state index is 4.15. The van der Waals surface area contributed by atoms with Crippen molar-refractivity contribution in [1.29, 1.82) is 0 Å². The zero-order chi connectivity index (χ0) is 16.9. The summed E-state index contributed by atoms with van der Waals surface area (Å²) in [5.41, 5.74) is 3.91. The van der Waals surface area contributed by atoms with Crippen LogP contribution in [0.25, 0.3) is 0 Å². The summed E-state index contributed by atoms with van der Waals surface area (Å²) >= 11 is 0. The van der Waals surface area contributed by atoms with Crippen LogP contribution in [0, 0.1) is 0 Å². The van der Waals surface area contributed by atoms with Gasteiger partial charge in [-0.15, -0.1) is 0 Å². The molecule has 132 valence electrons. The van der Waals surface area contributed by atoms with Gasteiger partial charge in [0.25, 0.3) is 0 Å². The average molecular weight is 336 g/mol. The standard InChI is InChI=1S/C21H28N4/c1-4-13-23(14-5-1)15-6-16-24-17-18-25(19-9-11-22-12-10-19)21-8-3-2-7-20(21)24/h2-3,7-12H,1,4-6,13-18H2. The summed E-state index contributed by atoms with van der Waals surface area (Å²) < 4.78 is 0. The number of hydrogen-bond acceptors (Lipinski definition) is 4. The molecule has 4 heteroatoms. The maximum Gasteiger partial charge on any atom is 0.0649 e. The average Bonchev–Trinajstić information content (AvgIpc) is 2.69. The highest BCUT2D eigenvalue weighted by atomic mass is 15.3. The van der Waals surface area contributed by atoms with Gasteiger partial charge in [-0.2, -0.15) is 0 Å². The van der Waals surface area contributed by atoms with Crippen LogP contribution in [0.4, 0.5) is 17.1 Å². The van der Waals surface area contributed by atoms with Crippen molar-refractivity contribution in [2.75, 3.05) is 49.1 Å². The molecule has 3 heterocycles. The van der Waals surface area contributed by atoms with Gasteiger partial charge >= 0.3 is 0 Å². The molecule has 4 nitrogen and oxygen atoms in total. The Hall–Kier alpha value is -2.07. The normalized spacial score (nSPS) is 18.2. The molecule has 0 N–H and O–H groups in total. The number of rotatable bonds is 5. The van der Waals surface area contributed by atoms with Crippen LogP contribution in [0.2, 0.25) is 0 Å². The Morgan fingerprint density at radius 3 is 2.32 bits per heavy atom. The quantitative estimate of drug-likeness (QED) is 0.825. The van der Waals surface area contributed by atoms with Crippen molar-refractivity contribution in [1.82, 2.24) is 9.88 Å². The number of benzene rings is 1. The molecule has 0 bridgehead atoms. The van der Waals surface area contributed by atoms with Crippen molar-refractivity contribution in [2.45, 2.75) is 25.7 Å². The Morgan fingerprint density at radius 2 is 1.52 bits per heavy atom. The van der Waals surface area contributed by atoms with Crippen LogP contribution in [0.1, 0.15) is 25.7 Å². The molecule has 4 rings (SSSR count). The molecule has 2 aliphatic rings. The predicted molar refractivity (Wildman–Crippen MR) is 105 cm³/mol. The van der Waals surface area contributed by atoms with Crippen LogP contribution < -0.4 is 9.80 Å². The highest BCUT2D eigenvalue weighted by molar-refractivity contribution is 5.79. The summed E-state index contributed by atoms with van der Waals surface area (Å²) in [6, 6.07) is 13.0. The first kappa shape index (κ1) is 16.4. The van der Waals surface area contributed by atoms with E-state index in [1.54, 1.807) is 0 Å². The summed E-state index contributed by atoms with van der Waals surface area (Å²) in [5.74, 6) is 0. The highest BCUT2D eigenvalue weighted by Gasteiger charge is 2.23. The first-order valence-corrected chi connectivity index (χ1v) is 9.66. The SMILES string of the molecule is c1ccc2c(c1)N(CCCN1CCCCC1)CCN2c1ccncc1. The van der Waals surface area contributed by atoms with E-state index in [2.05, 4.69) is 56.1 Å². The largest absolute Gasteiger partial charge is 0.368 e. The topological polar surface area (TPSA) is 22.6 Å². The van der Waals surface area contributed by atoms with Gasteiger partial charge in [-0.25, -0.2) is 0 Å². The molecule has 0 amide bonds. The van der Waals surface area contributed by atoms with Crippen molar-refractivity contribution in [3.63, 3.8) is 0 Å². The lowest BCUT2D eigenvalue weighted by Crippen LogP contribution is -2.40. The van der Waals surface area contributed by atoms with E-state index < -0.39 is 0 Å². The summed E-state index contributed by atoms with van der Waals surface area (Å²) in [6.45, 7) is 7.10. The fraction of sp³-hybridized carbons (Fsp3) is 0.476. The van der Waals surface area contributed by atoms with Crippen molar-refractivity contribution >= 4 is 17.1 Å². The van der Waals surface area contributed by atoms with Crippen LogP contribution in [0.3, 0.4) is 0 Å². The number of pyridine rings is 1. The molecular formula is C21H28N4. The second-order valence-electron chi connectivity index (χ2n) is 7.09. The molecule has 0 spiro atoms. The minimum absolute atomic E-state index is 1.03. The summed E-state index contributed by atoms with van der Waals surface area (Å²) in [5, 5.41) is 0. The number of anilines is 3. The smallest absolute Gasteiger partial charge is 0.0649 e. The van der Waals surface area contributed by atoms with Crippen LogP contribution in [0.5, 0.6) is 0 Å². The zero-order valence-corrected chi connectivity index (χ0v) is 15.0. The van der Waals surface area contributed by atoms with Gasteiger partial charge in [-0.3, -0.25) is 4.98 Å². The fourth-order valence-electron chi connectivity index (χ4n) is 4.11. The number of likely N-dealkylation sites (tertiary alicyclic amines) is 1. The Morgan fingerprint density at radius 1 is 0.760 bits per heavy atom. The number of nitrogens with zero attached hydrogens (tertiary/aromatic N) is 4. The van der Waals surface area contributed by atoms with Gasteiger partial charge in [-0.1, -0.05) is 18.6 Å². The molecule has 2 aliphatic heterocycles. The number of para-hydroxylation sites is 2. The fourth-order valence-corrected chi connectivity index (χ4v) is 4.11. The van der Waals surface area contributed by atoms with Crippen LogP contribution in [-0.2, 0) is 0 Å². The van der Waals surface area contributed by atoms with E-state index >= 15 is 0 Å². The molecule has 0 aliphatic carbocycles. The first-order valence-electron chi connectivity index (χ1n) is 9.66. The van der Waals surface area contributed by atoms with Crippen LogP contribution in [-0.4, -0.2) is 49.2 Å². The molecule has 2 aromatic rings. The molecule has 0 atom stereocenters. The lowest BCUT2D eigenvalue weighted by molar-refractivity contribution is 0.227. The van der Waals surface area contributed by atoms with E-state index in [0.29, 0.717) is 0 Å². The lowest BCUT2D eigenvalue weighted by Gasteiger charge is -2.39. The third-order valence-electron chi connectivity index (χ3n) is 5.43. The van der Waals surface area contributed by atoms with Gasteiger partial charge in [0.15, 0.2) is 0 Å². The van der Waals surface area contributed by atoms with E-state index in [-0.39, 0.29) is 0 Å². The van der Waals surface area contributed by atoms with E-state index in [9.17, 15) is 0 Å². The van der Waals surface area contributed by atoms with E-state index in [0.717, 1.165) is 19.6 Å². The van der Waals surface area contributed by atoms with Gasteiger partial charge in [0.2, 0.25) is 0 Å². The Bertz CT molecular complexity index is 667. The third kappa shape index (κ3) is 3.79. The van der Waals surface area contributed by atoms with Gasteiger partial charge in [-0.05, 0) is 63.2 Å². The Balaban J connectivity index is 1.43. The molecule has 1 fully saturated rings. The van der Waals surface area contributed by atoms with E-state index in [1.807, 2.05) is 12.4 Å². The third-order valence-corrected chi connectivity index (χ3v) is 5.43. The van der Waals surface area contributed by atoms with Gasteiger partial charge in [0, 0.05) is 37.7 Å². The number of hydrogen-bond donors (Lipinski definition) is 0. The molecule has 0 radical (unpaired) electrons. The second-order valence-corrected chi connectivity index (χ2v) is 7.09. The number of aromatic nitrogens is 1. The van der Waals surface area contributed by atoms with Gasteiger partial charge < -0.3 is 14.7 Å². The van der Waals surface area contributed by atoms with E-state index in [4.69, 9.17) is 0 Å². The molecule has 1 aromatic carbocycles. The zero-order valence-electron chi connectivity index (χ0n) is 15.0. The minimum atomic E-state index is 1.03. The number of fused-ring (bicyclic) bond motifs is 1. The minimum Gasteiger partial charge on any atom is -0.368 e. The van der Waals surface area contributed by atoms with Crippen molar-refractivity contribution in [2.24, 2.45) is 0 Å². The number of piperidine rings is 1. The Labute approximate surface area is 151 Å². The molecular weight excluding hydrogens is 308 g/mol. The predicted octanol–water partition coefficient (Wildman–Crippen LogP) is 3.92. The molecule has 0 unspecified atom stereocenters. The highest BCUT2D eigenvalue weighted by Crippen LogP contribution is 2.37. The Kier molecular flexibility index (Phi) is 5.17. The first-order chi connectivity index (χ1) is 12.4. The lowest BCUT2D eigenvalue weighted by atomic mass is 10.1. The van der Waals surface area contributed by atoms with Gasteiger partial charge in [0.1, 0.15) is 0 Å². The van der Waals surface area contributed by atoms with Crippen molar-refractivity contribution in [3.8, 4) is 0 Å². The van der Waals surface area contributed by atoms with Crippen molar-refractivity contribution < 1.29 is 0 Å². The van der Waals surface area contributed by atoms with Crippen LogP contribution >= 0.6 is 0 Å². The van der Waals surface area contributed by atoms with E-state index in [1.165, 1.54) is 62.4 Å². The van der Waals surface area contributed by atoms with Crippen molar-refractivity contribution in [3.05, 3.63) is 48.8 Å². The van der Waals surface area contributed by atoms with Crippen LogP contribution in [0.15, 0.2) is 48.8 Å². The summed E-state index contributed by atoms with van der Waals surface area (Å²) in [7, 11) is 0. The summed E-state index contributed by atoms with van der Waals surface area (Å²) in [6.07, 6.45) is 9.19. The molecule has 25 heavy (non-hydrogen) atoms. The second kappa shape index (κ2) is 7.87. The molecule has 1 saturated heterocycles. The molecule has 1 aromatic heterocycles. The summed E-state index contributed by atoms with van der Waals surface area (Å²) in [4.78, 5) is 11.8.